The summed E-state index contributed by atoms with van der Waals surface area (Å²) in [6, 6.07) is 33.8. The topological polar surface area (TPSA) is 119 Å². The summed E-state index contributed by atoms with van der Waals surface area (Å²) in [7, 11) is 1.71. The van der Waals surface area contributed by atoms with Gasteiger partial charge in [-0.1, -0.05) is 78.9 Å². The molecule has 210 valence electrons. The van der Waals surface area contributed by atoms with Gasteiger partial charge in [0.15, 0.2) is 0 Å². The molecule has 0 bridgehead atoms. The molecule has 8 heteroatoms. The normalized spacial score (nSPS) is 11.5. The SMILES string of the molecule is CN(C(=O)Nc1ccc2ccccc2c1)c1cccc(-c2ccc(C[C@H](Nc3ccccc3C(=O)O)C(=O)O)cc2)c1. The quantitative estimate of drug-likeness (QED) is 0.155. The van der Waals surface area contributed by atoms with Crippen molar-refractivity contribution in [1.29, 1.82) is 0 Å². The number of carbonyl (C=O) groups is 3. The molecule has 0 radical (unpaired) electrons. The molecule has 42 heavy (non-hydrogen) atoms. The number of carboxylic acid groups (broad SMARTS) is 2. The number of nitrogens with one attached hydrogen (secondary N) is 2. The van der Waals surface area contributed by atoms with Gasteiger partial charge in [-0.15, -0.1) is 0 Å². The molecule has 0 unspecified atom stereocenters. The number of rotatable bonds is 9. The summed E-state index contributed by atoms with van der Waals surface area (Å²) in [5, 5.41) is 27.1. The summed E-state index contributed by atoms with van der Waals surface area (Å²) in [4.78, 5) is 38.0. The first kappa shape index (κ1) is 27.9. The predicted molar refractivity (Wildman–Crippen MR) is 165 cm³/mol. The van der Waals surface area contributed by atoms with Crippen molar-refractivity contribution in [2.75, 3.05) is 22.6 Å². The highest BCUT2D eigenvalue weighted by Gasteiger charge is 2.21. The number of para-hydroxylation sites is 1. The number of carboxylic acids is 2. The summed E-state index contributed by atoms with van der Waals surface area (Å²) < 4.78 is 0. The first-order chi connectivity index (χ1) is 20.3. The Morgan fingerprint density at radius 2 is 1.45 bits per heavy atom. The molecule has 0 saturated heterocycles. The third-order valence-electron chi connectivity index (χ3n) is 7.05. The van der Waals surface area contributed by atoms with Gasteiger partial charge in [0.05, 0.1) is 5.56 Å². The first-order valence-corrected chi connectivity index (χ1v) is 13.3. The van der Waals surface area contributed by atoms with Crippen molar-refractivity contribution < 1.29 is 24.6 Å². The Morgan fingerprint density at radius 3 is 2.19 bits per heavy atom. The van der Waals surface area contributed by atoms with E-state index < -0.39 is 18.0 Å². The van der Waals surface area contributed by atoms with Crippen LogP contribution in [0.2, 0.25) is 0 Å². The van der Waals surface area contributed by atoms with Crippen molar-refractivity contribution >= 4 is 45.8 Å². The van der Waals surface area contributed by atoms with E-state index in [1.54, 1.807) is 30.1 Å². The molecular formula is C34H29N3O5. The number of benzene rings is 5. The van der Waals surface area contributed by atoms with Gasteiger partial charge in [-0.3, -0.25) is 4.90 Å². The van der Waals surface area contributed by atoms with E-state index in [4.69, 9.17) is 0 Å². The highest BCUT2D eigenvalue weighted by Crippen LogP contribution is 2.26. The van der Waals surface area contributed by atoms with Crippen LogP contribution in [-0.2, 0) is 11.2 Å². The number of hydrogen-bond acceptors (Lipinski definition) is 4. The number of hydrogen-bond donors (Lipinski definition) is 4. The van der Waals surface area contributed by atoms with E-state index in [1.165, 1.54) is 6.07 Å². The van der Waals surface area contributed by atoms with E-state index in [9.17, 15) is 24.6 Å². The van der Waals surface area contributed by atoms with E-state index in [0.717, 1.165) is 27.5 Å². The Hall–Kier alpha value is -5.63. The Morgan fingerprint density at radius 1 is 0.738 bits per heavy atom. The van der Waals surface area contributed by atoms with Crippen molar-refractivity contribution in [1.82, 2.24) is 0 Å². The van der Waals surface area contributed by atoms with E-state index in [1.807, 2.05) is 91.0 Å². The zero-order valence-corrected chi connectivity index (χ0v) is 22.8. The fourth-order valence-electron chi connectivity index (χ4n) is 4.74. The predicted octanol–water partition coefficient (Wildman–Crippen LogP) is 6.98. The van der Waals surface area contributed by atoms with E-state index in [-0.39, 0.29) is 23.7 Å². The minimum atomic E-state index is -1.13. The molecule has 0 fully saturated rings. The second-order valence-electron chi connectivity index (χ2n) is 9.89. The lowest BCUT2D eigenvalue weighted by Crippen LogP contribution is -2.32. The van der Waals surface area contributed by atoms with Crippen LogP contribution in [0.3, 0.4) is 0 Å². The standard InChI is InChI=1S/C34H29N3O5/c1-37(34(42)35-27-18-17-23-7-2-3-8-25(23)20-27)28-10-6-9-26(21-28)24-15-13-22(14-16-24)19-31(33(40)41)36-30-12-5-4-11-29(30)32(38)39/h2-18,20-21,31,36H,19H2,1H3,(H,35,42)(H,38,39)(H,40,41)/t31-/m0/s1. The lowest BCUT2D eigenvalue weighted by molar-refractivity contribution is -0.137. The molecule has 0 aliphatic carbocycles. The fourth-order valence-corrected chi connectivity index (χ4v) is 4.74. The van der Waals surface area contributed by atoms with Crippen molar-refractivity contribution in [2.24, 2.45) is 0 Å². The van der Waals surface area contributed by atoms with Gasteiger partial charge in [-0.2, -0.15) is 0 Å². The maximum Gasteiger partial charge on any atom is 0.337 e. The van der Waals surface area contributed by atoms with Crippen LogP contribution in [0.25, 0.3) is 21.9 Å². The lowest BCUT2D eigenvalue weighted by Gasteiger charge is -2.19. The second kappa shape index (κ2) is 12.3. The third-order valence-corrected chi connectivity index (χ3v) is 7.05. The average molecular weight is 560 g/mol. The summed E-state index contributed by atoms with van der Waals surface area (Å²) >= 11 is 0. The third kappa shape index (κ3) is 6.39. The molecule has 5 rings (SSSR count). The van der Waals surface area contributed by atoms with Crippen LogP contribution in [0.4, 0.5) is 21.9 Å². The zero-order chi connectivity index (χ0) is 29.6. The smallest absolute Gasteiger partial charge is 0.337 e. The largest absolute Gasteiger partial charge is 0.480 e. The molecule has 0 spiro atoms. The molecule has 1 atom stereocenters. The monoisotopic (exact) mass is 559 g/mol. The molecular weight excluding hydrogens is 530 g/mol. The minimum Gasteiger partial charge on any atom is -0.480 e. The van der Waals surface area contributed by atoms with E-state index in [2.05, 4.69) is 10.6 Å². The van der Waals surface area contributed by atoms with Crippen LogP contribution in [0, 0.1) is 0 Å². The molecule has 5 aromatic rings. The Balaban J connectivity index is 1.27. The van der Waals surface area contributed by atoms with Crippen LogP contribution >= 0.6 is 0 Å². The van der Waals surface area contributed by atoms with Gasteiger partial charge >= 0.3 is 18.0 Å². The fraction of sp³-hybridized carbons (Fsp3) is 0.0882. The minimum absolute atomic E-state index is 0.00916. The van der Waals surface area contributed by atoms with Gasteiger partial charge in [-0.05, 0) is 63.9 Å². The van der Waals surface area contributed by atoms with Gasteiger partial charge in [0, 0.05) is 30.5 Å². The Bertz CT molecular complexity index is 1770. The van der Waals surface area contributed by atoms with Crippen LogP contribution < -0.4 is 15.5 Å². The number of carbonyl (C=O) groups excluding carboxylic acids is 1. The van der Waals surface area contributed by atoms with Gasteiger partial charge in [0.25, 0.3) is 0 Å². The van der Waals surface area contributed by atoms with Gasteiger partial charge in [-0.25, -0.2) is 14.4 Å². The number of aliphatic carboxylic acids is 1. The molecule has 0 saturated carbocycles. The zero-order valence-electron chi connectivity index (χ0n) is 22.8. The van der Waals surface area contributed by atoms with Crippen molar-refractivity contribution in [3.63, 3.8) is 0 Å². The number of anilines is 3. The highest BCUT2D eigenvalue weighted by atomic mass is 16.4. The second-order valence-corrected chi connectivity index (χ2v) is 9.89. The maximum absolute atomic E-state index is 13.0. The van der Waals surface area contributed by atoms with Crippen LogP contribution in [-0.4, -0.2) is 41.3 Å². The molecule has 5 aromatic carbocycles. The number of fused-ring (bicyclic) bond motifs is 1. The number of urea groups is 1. The van der Waals surface area contributed by atoms with Crippen LogP contribution in [0.1, 0.15) is 15.9 Å². The van der Waals surface area contributed by atoms with E-state index >= 15 is 0 Å². The Labute approximate surface area is 242 Å². The summed E-state index contributed by atoms with van der Waals surface area (Å²) in [6.07, 6.45) is 0.154. The van der Waals surface area contributed by atoms with Crippen molar-refractivity contribution in [2.45, 2.75) is 12.5 Å². The van der Waals surface area contributed by atoms with Crippen LogP contribution in [0.5, 0.6) is 0 Å². The summed E-state index contributed by atoms with van der Waals surface area (Å²) in [5.74, 6) is -2.22. The van der Waals surface area contributed by atoms with Crippen LogP contribution in [0.15, 0.2) is 115 Å². The maximum atomic E-state index is 13.0. The highest BCUT2D eigenvalue weighted by molar-refractivity contribution is 6.03. The number of amides is 2. The van der Waals surface area contributed by atoms with Crippen molar-refractivity contribution in [3.05, 3.63) is 126 Å². The molecule has 2 amide bonds. The molecule has 0 aliphatic rings. The molecule has 8 nitrogen and oxygen atoms in total. The summed E-state index contributed by atoms with van der Waals surface area (Å²) in [5.41, 5.74) is 4.25. The first-order valence-electron chi connectivity index (χ1n) is 13.3. The Kier molecular flexibility index (Phi) is 8.15. The van der Waals surface area contributed by atoms with Gasteiger partial charge < -0.3 is 20.8 Å². The molecule has 0 aliphatic heterocycles. The average Bonchev–Trinajstić information content (AvgIpc) is 3.00. The van der Waals surface area contributed by atoms with Gasteiger partial charge in [0.2, 0.25) is 0 Å². The van der Waals surface area contributed by atoms with Gasteiger partial charge in [0.1, 0.15) is 6.04 Å². The van der Waals surface area contributed by atoms with E-state index in [0.29, 0.717) is 11.4 Å². The molecule has 0 heterocycles. The van der Waals surface area contributed by atoms with Crippen molar-refractivity contribution in [3.8, 4) is 11.1 Å². The summed E-state index contributed by atoms with van der Waals surface area (Å²) in [6.45, 7) is 0. The number of nitrogens with zero attached hydrogens (tertiary/aromatic N) is 1. The molecule has 4 N–H and O–H groups in total. The number of aromatic carboxylic acids is 1. The molecule has 0 aromatic heterocycles. The lowest BCUT2D eigenvalue weighted by atomic mass is 10.00.